The van der Waals surface area contributed by atoms with Gasteiger partial charge >= 0.3 is 0 Å². The Morgan fingerprint density at radius 2 is 1.96 bits per heavy atom. The Bertz CT molecular complexity index is 617. The highest BCUT2D eigenvalue weighted by Crippen LogP contribution is 2.11. The highest BCUT2D eigenvalue weighted by molar-refractivity contribution is 14.0. The Kier molecular flexibility index (Phi) is 10.6. The number of nitrogens with two attached hydrogens (primary N) is 1. The summed E-state index contributed by atoms with van der Waals surface area (Å²) in [6.45, 7) is 4.21. The lowest BCUT2D eigenvalue weighted by atomic mass is 10.2. The maximum Gasteiger partial charge on any atom is 0.188 e. The summed E-state index contributed by atoms with van der Waals surface area (Å²) in [5.74, 6) is 1.41. The summed E-state index contributed by atoms with van der Waals surface area (Å²) in [6, 6.07) is 14.0. The molecule has 0 radical (unpaired) electrons. The standard InChI is InChI=1S/C19H26N4O.HI/c1-16-7-9-18(10-8-16)24-15-5-4-13-22-19(20)23-14-11-17-6-2-3-12-21-17;/h2-3,6-10,12H,4-5,11,13-15H2,1H3,(H3,20,22,23);1H. The third kappa shape index (κ3) is 9.28. The molecule has 0 aliphatic heterocycles. The second-order valence-electron chi connectivity index (χ2n) is 5.63. The van der Waals surface area contributed by atoms with Crippen molar-refractivity contribution in [2.24, 2.45) is 10.7 Å². The normalized spacial score (nSPS) is 10.8. The van der Waals surface area contributed by atoms with Gasteiger partial charge in [0.25, 0.3) is 0 Å². The van der Waals surface area contributed by atoms with E-state index >= 15 is 0 Å². The van der Waals surface area contributed by atoms with Crippen molar-refractivity contribution in [1.29, 1.82) is 0 Å². The van der Waals surface area contributed by atoms with Gasteiger partial charge in [-0.1, -0.05) is 23.8 Å². The molecule has 0 spiro atoms. The number of ether oxygens (including phenoxy) is 1. The number of aromatic nitrogens is 1. The largest absolute Gasteiger partial charge is 0.494 e. The molecule has 25 heavy (non-hydrogen) atoms. The SMILES string of the molecule is Cc1ccc(OCCCCN=C(N)NCCc2ccccn2)cc1.I. The molecule has 3 N–H and O–H groups in total. The first-order valence-corrected chi connectivity index (χ1v) is 8.37. The van der Waals surface area contributed by atoms with E-state index in [9.17, 15) is 0 Å². The van der Waals surface area contributed by atoms with Gasteiger partial charge in [0.05, 0.1) is 6.61 Å². The van der Waals surface area contributed by atoms with Crippen molar-refractivity contribution in [3.8, 4) is 5.75 Å². The molecule has 2 rings (SSSR count). The van der Waals surface area contributed by atoms with Gasteiger partial charge in [-0.25, -0.2) is 0 Å². The average Bonchev–Trinajstić information content (AvgIpc) is 2.60. The maximum absolute atomic E-state index is 5.85. The maximum atomic E-state index is 5.85. The van der Waals surface area contributed by atoms with Crippen molar-refractivity contribution in [1.82, 2.24) is 10.3 Å². The minimum atomic E-state index is 0. The molecule has 0 saturated heterocycles. The molecule has 0 bridgehead atoms. The number of hydrogen-bond acceptors (Lipinski definition) is 3. The summed E-state index contributed by atoms with van der Waals surface area (Å²) in [4.78, 5) is 8.59. The zero-order valence-electron chi connectivity index (χ0n) is 14.6. The van der Waals surface area contributed by atoms with Gasteiger partial charge in [0.15, 0.2) is 5.96 Å². The summed E-state index contributed by atoms with van der Waals surface area (Å²) in [5, 5.41) is 3.11. The van der Waals surface area contributed by atoms with Crippen molar-refractivity contribution in [3.05, 3.63) is 59.9 Å². The molecule has 1 aromatic heterocycles. The van der Waals surface area contributed by atoms with Crippen molar-refractivity contribution >= 4 is 29.9 Å². The van der Waals surface area contributed by atoms with Crippen molar-refractivity contribution < 1.29 is 4.74 Å². The Hall–Kier alpha value is -1.83. The summed E-state index contributed by atoms with van der Waals surface area (Å²) < 4.78 is 5.68. The van der Waals surface area contributed by atoms with E-state index in [1.807, 2.05) is 30.3 Å². The fraction of sp³-hybridized carbons (Fsp3) is 0.368. The van der Waals surface area contributed by atoms with E-state index in [0.717, 1.165) is 37.3 Å². The molecule has 5 nitrogen and oxygen atoms in total. The lowest BCUT2D eigenvalue weighted by molar-refractivity contribution is 0.308. The minimum Gasteiger partial charge on any atom is -0.494 e. The first kappa shape index (κ1) is 21.2. The quantitative estimate of drug-likeness (QED) is 0.264. The van der Waals surface area contributed by atoms with E-state index in [4.69, 9.17) is 10.5 Å². The van der Waals surface area contributed by atoms with Crippen LogP contribution in [0.5, 0.6) is 5.75 Å². The van der Waals surface area contributed by atoms with Crippen LogP contribution < -0.4 is 15.8 Å². The number of benzene rings is 1. The molecule has 2 aromatic rings. The Balaban J connectivity index is 0.00000312. The fourth-order valence-electron chi connectivity index (χ4n) is 2.16. The van der Waals surface area contributed by atoms with E-state index in [1.54, 1.807) is 6.20 Å². The van der Waals surface area contributed by atoms with Crippen molar-refractivity contribution in [3.63, 3.8) is 0 Å². The number of halogens is 1. The van der Waals surface area contributed by atoms with E-state index in [0.29, 0.717) is 19.1 Å². The van der Waals surface area contributed by atoms with Gasteiger partial charge in [0.2, 0.25) is 0 Å². The number of nitrogens with zero attached hydrogens (tertiary/aromatic N) is 2. The number of unbranched alkanes of at least 4 members (excludes halogenated alkanes) is 1. The van der Waals surface area contributed by atoms with Crippen LogP contribution in [0.1, 0.15) is 24.1 Å². The summed E-state index contributed by atoms with van der Waals surface area (Å²) >= 11 is 0. The highest BCUT2D eigenvalue weighted by Gasteiger charge is 1.96. The topological polar surface area (TPSA) is 72.5 Å². The summed E-state index contributed by atoms with van der Waals surface area (Å²) in [5.41, 5.74) is 8.13. The van der Waals surface area contributed by atoms with E-state index in [-0.39, 0.29) is 24.0 Å². The third-order valence-electron chi connectivity index (χ3n) is 3.54. The van der Waals surface area contributed by atoms with E-state index in [1.165, 1.54) is 5.56 Å². The van der Waals surface area contributed by atoms with Crippen LogP contribution in [0.4, 0.5) is 0 Å². The summed E-state index contributed by atoms with van der Waals surface area (Å²) in [6.07, 6.45) is 4.54. The number of guanidine groups is 1. The molecule has 6 heteroatoms. The second kappa shape index (κ2) is 12.5. The van der Waals surface area contributed by atoms with Gasteiger partial charge in [-0.2, -0.15) is 0 Å². The van der Waals surface area contributed by atoms with Gasteiger partial charge in [-0.3, -0.25) is 9.98 Å². The molecule has 1 aromatic carbocycles. The zero-order valence-corrected chi connectivity index (χ0v) is 17.0. The van der Waals surface area contributed by atoms with Gasteiger partial charge in [-0.05, 0) is 44.0 Å². The molecular formula is C19H27IN4O. The van der Waals surface area contributed by atoms with Crippen LogP contribution in [0.15, 0.2) is 53.7 Å². The smallest absolute Gasteiger partial charge is 0.188 e. The molecule has 1 heterocycles. The van der Waals surface area contributed by atoms with Crippen molar-refractivity contribution in [2.45, 2.75) is 26.2 Å². The van der Waals surface area contributed by atoms with Gasteiger partial charge < -0.3 is 15.8 Å². The first-order chi connectivity index (χ1) is 11.7. The predicted octanol–water partition coefficient (Wildman–Crippen LogP) is 3.31. The molecule has 136 valence electrons. The van der Waals surface area contributed by atoms with Crippen LogP contribution in [0, 0.1) is 6.92 Å². The fourth-order valence-corrected chi connectivity index (χ4v) is 2.16. The van der Waals surface area contributed by atoms with Crippen LogP contribution in [0.3, 0.4) is 0 Å². The average molecular weight is 454 g/mol. The Labute approximate surface area is 167 Å². The van der Waals surface area contributed by atoms with Gasteiger partial charge in [0, 0.05) is 31.4 Å². The molecule has 0 atom stereocenters. The van der Waals surface area contributed by atoms with Crippen LogP contribution in [-0.2, 0) is 6.42 Å². The molecule has 0 unspecified atom stereocenters. The molecular weight excluding hydrogens is 427 g/mol. The number of hydrogen-bond donors (Lipinski definition) is 2. The molecule has 0 aliphatic carbocycles. The molecule has 0 fully saturated rings. The molecule has 0 amide bonds. The van der Waals surface area contributed by atoms with E-state index in [2.05, 4.69) is 34.3 Å². The lowest BCUT2D eigenvalue weighted by Crippen LogP contribution is -2.33. The number of aliphatic imine (C=N–C) groups is 1. The van der Waals surface area contributed by atoms with Crippen LogP contribution in [-0.4, -0.2) is 30.6 Å². The summed E-state index contributed by atoms with van der Waals surface area (Å²) in [7, 11) is 0. The second-order valence-corrected chi connectivity index (χ2v) is 5.63. The number of pyridine rings is 1. The van der Waals surface area contributed by atoms with Crippen LogP contribution in [0.25, 0.3) is 0 Å². The lowest BCUT2D eigenvalue weighted by Gasteiger charge is -2.07. The highest BCUT2D eigenvalue weighted by atomic mass is 127. The van der Waals surface area contributed by atoms with Crippen LogP contribution >= 0.6 is 24.0 Å². The van der Waals surface area contributed by atoms with Gasteiger partial charge in [-0.15, -0.1) is 24.0 Å². The first-order valence-electron chi connectivity index (χ1n) is 8.37. The zero-order chi connectivity index (χ0) is 17.0. The van der Waals surface area contributed by atoms with Crippen LogP contribution in [0.2, 0.25) is 0 Å². The minimum absolute atomic E-state index is 0. The Morgan fingerprint density at radius 1 is 1.16 bits per heavy atom. The number of aryl methyl sites for hydroxylation is 1. The number of rotatable bonds is 9. The van der Waals surface area contributed by atoms with E-state index < -0.39 is 0 Å². The Morgan fingerprint density at radius 3 is 2.68 bits per heavy atom. The number of nitrogens with one attached hydrogen (secondary N) is 1. The third-order valence-corrected chi connectivity index (χ3v) is 3.54. The molecule has 0 saturated carbocycles. The van der Waals surface area contributed by atoms with Crippen molar-refractivity contribution in [2.75, 3.05) is 19.7 Å². The van der Waals surface area contributed by atoms with Gasteiger partial charge in [0.1, 0.15) is 5.75 Å². The predicted molar refractivity (Wildman–Crippen MR) is 114 cm³/mol. The monoisotopic (exact) mass is 454 g/mol. The molecule has 0 aliphatic rings.